The molecule has 20 heavy (non-hydrogen) atoms. The average Bonchev–Trinajstić information content (AvgIpc) is 2.47. The Morgan fingerprint density at radius 2 is 1.90 bits per heavy atom. The topological polar surface area (TPSA) is 67.4 Å². The van der Waals surface area contributed by atoms with Crippen molar-refractivity contribution in [1.82, 2.24) is 10.6 Å². The van der Waals surface area contributed by atoms with Crippen LogP contribution in [0.4, 0.5) is 0 Å². The minimum absolute atomic E-state index is 0.257. The van der Waals surface area contributed by atoms with E-state index in [1.165, 1.54) is 0 Å². The van der Waals surface area contributed by atoms with Crippen LogP contribution in [0, 0.1) is 0 Å². The van der Waals surface area contributed by atoms with Crippen LogP contribution >= 0.6 is 11.6 Å². The highest BCUT2D eigenvalue weighted by Gasteiger charge is 2.16. The summed E-state index contributed by atoms with van der Waals surface area (Å²) in [6.07, 6.45) is 0.634. The molecule has 1 atom stereocenters. The molecule has 1 aromatic carbocycles. The van der Waals surface area contributed by atoms with E-state index in [0.29, 0.717) is 18.8 Å². The Morgan fingerprint density at radius 1 is 1.25 bits per heavy atom. The van der Waals surface area contributed by atoms with Gasteiger partial charge in [-0.05, 0) is 31.0 Å². The van der Waals surface area contributed by atoms with Crippen LogP contribution in [-0.2, 0) is 9.59 Å². The molecule has 2 amide bonds. The number of alkyl halides is 1. The first-order chi connectivity index (χ1) is 9.58. The number of ether oxygens (including phenoxy) is 1. The molecule has 0 radical (unpaired) electrons. The summed E-state index contributed by atoms with van der Waals surface area (Å²) >= 11 is 5.49. The van der Waals surface area contributed by atoms with Crippen LogP contribution in [0.2, 0.25) is 0 Å². The van der Waals surface area contributed by atoms with Gasteiger partial charge >= 0.3 is 11.8 Å². The number of halogens is 1. The summed E-state index contributed by atoms with van der Waals surface area (Å²) in [6, 6.07) is 7.04. The van der Waals surface area contributed by atoms with Gasteiger partial charge < -0.3 is 15.4 Å². The summed E-state index contributed by atoms with van der Waals surface area (Å²) in [5.41, 5.74) is 0.896. The number of methoxy groups -OCH3 is 1. The maximum absolute atomic E-state index is 11.7. The zero-order valence-electron chi connectivity index (χ0n) is 11.6. The monoisotopic (exact) mass is 298 g/mol. The normalized spacial score (nSPS) is 11.6. The number of amides is 2. The highest BCUT2D eigenvalue weighted by atomic mass is 35.5. The standard InChI is InChI=1S/C14H19ClN2O3/c1-10(11-4-6-12(20-2)7-5-11)17-14(19)13(18)16-9-3-8-15/h4-7,10H,3,8-9H2,1-2H3,(H,16,18)(H,17,19). The first kappa shape index (κ1) is 16.3. The van der Waals surface area contributed by atoms with Gasteiger partial charge in [0.1, 0.15) is 5.75 Å². The van der Waals surface area contributed by atoms with Crippen molar-refractivity contribution in [3.05, 3.63) is 29.8 Å². The van der Waals surface area contributed by atoms with E-state index in [9.17, 15) is 9.59 Å². The van der Waals surface area contributed by atoms with E-state index in [1.54, 1.807) is 19.2 Å². The van der Waals surface area contributed by atoms with Gasteiger partial charge in [0, 0.05) is 12.4 Å². The Kier molecular flexibility index (Phi) is 6.87. The molecule has 1 unspecified atom stereocenters. The van der Waals surface area contributed by atoms with Crippen LogP contribution in [0.15, 0.2) is 24.3 Å². The third-order valence-electron chi connectivity index (χ3n) is 2.77. The molecule has 0 fully saturated rings. The van der Waals surface area contributed by atoms with Gasteiger partial charge in [0.15, 0.2) is 0 Å². The summed E-state index contributed by atoms with van der Waals surface area (Å²) in [5, 5.41) is 5.14. The van der Waals surface area contributed by atoms with Crippen molar-refractivity contribution in [3.8, 4) is 5.75 Å². The highest BCUT2D eigenvalue weighted by molar-refractivity contribution is 6.35. The van der Waals surface area contributed by atoms with Gasteiger partial charge in [0.25, 0.3) is 0 Å². The minimum atomic E-state index is -0.650. The number of carbonyl (C=O) groups excluding carboxylic acids is 2. The maximum atomic E-state index is 11.7. The Labute approximate surface area is 123 Å². The molecule has 6 heteroatoms. The van der Waals surface area contributed by atoms with E-state index in [1.807, 2.05) is 19.1 Å². The largest absolute Gasteiger partial charge is 0.497 e. The molecule has 0 aliphatic rings. The number of rotatable bonds is 6. The summed E-state index contributed by atoms with van der Waals surface area (Å²) in [6.45, 7) is 2.21. The van der Waals surface area contributed by atoms with E-state index in [2.05, 4.69) is 10.6 Å². The van der Waals surface area contributed by atoms with Crippen LogP contribution in [0.5, 0.6) is 5.75 Å². The fraction of sp³-hybridized carbons (Fsp3) is 0.429. The summed E-state index contributed by atoms with van der Waals surface area (Å²) < 4.78 is 5.06. The molecule has 2 N–H and O–H groups in total. The van der Waals surface area contributed by atoms with Crippen LogP contribution in [-0.4, -0.2) is 31.3 Å². The van der Waals surface area contributed by atoms with Gasteiger partial charge in [-0.15, -0.1) is 11.6 Å². The van der Waals surface area contributed by atoms with Gasteiger partial charge in [-0.1, -0.05) is 12.1 Å². The average molecular weight is 299 g/mol. The number of carbonyl (C=O) groups is 2. The molecule has 1 rings (SSSR count). The molecule has 0 spiro atoms. The van der Waals surface area contributed by atoms with E-state index < -0.39 is 11.8 Å². The van der Waals surface area contributed by atoms with Crippen molar-refractivity contribution in [3.63, 3.8) is 0 Å². The van der Waals surface area contributed by atoms with Crippen LogP contribution in [0.1, 0.15) is 24.9 Å². The first-order valence-corrected chi connectivity index (χ1v) is 6.90. The zero-order valence-corrected chi connectivity index (χ0v) is 12.4. The number of hydrogen-bond donors (Lipinski definition) is 2. The Bertz CT molecular complexity index is 448. The fourth-order valence-corrected chi connectivity index (χ4v) is 1.72. The van der Waals surface area contributed by atoms with Crippen molar-refractivity contribution in [1.29, 1.82) is 0 Å². The lowest BCUT2D eigenvalue weighted by Crippen LogP contribution is -2.41. The summed E-state index contributed by atoms with van der Waals surface area (Å²) in [4.78, 5) is 23.2. The molecular formula is C14H19ClN2O3. The van der Waals surface area contributed by atoms with Crippen molar-refractivity contribution in [2.75, 3.05) is 19.5 Å². The quantitative estimate of drug-likeness (QED) is 0.476. The zero-order chi connectivity index (χ0) is 15.0. The molecule has 0 aromatic heterocycles. The lowest BCUT2D eigenvalue weighted by atomic mass is 10.1. The second-order valence-corrected chi connectivity index (χ2v) is 4.64. The van der Waals surface area contributed by atoms with Crippen molar-refractivity contribution in [2.24, 2.45) is 0 Å². The summed E-state index contributed by atoms with van der Waals surface area (Å²) in [5.74, 6) is -0.103. The van der Waals surface area contributed by atoms with E-state index in [0.717, 1.165) is 11.3 Å². The van der Waals surface area contributed by atoms with Crippen molar-refractivity contribution in [2.45, 2.75) is 19.4 Å². The summed E-state index contributed by atoms with van der Waals surface area (Å²) in [7, 11) is 1.59. The molecule has 0 aliphatic heterocycles. The molecule has 0 saturated heterocycles. The molecule has 5 nitrogen and oxygen atoms in total. The van der Waals surface area contributed by atoms with E-state index in [-0.39, 0.29) is 6.04 Å². The third-order valence-corrected chi connectivity index (χ3v) is 3.03. The molecule has 0 aliphatic carbocycles. The predicted molar refractivity (Wildman–Crippen MR) is 77.9 cm³/mol. The fourth-order valence-electron chi connectivity index (χ4n) is 1.59. The van der Waals surface area contributed by atoms with Crippen molar-refractivity contribution >= 4 is 23.4 Å². The number of nitrogens with one attached hydrogen (secondary N) is 2. The maximum Gasteiger partial charge on any atom is 0.309 e. The Morgan fingerprint density at radius 3 is 2.45 bits per heavy atom. The second-order valence-electron chi connectivity index (χ2n) is 4.27. The Hall–Kier alpha value is -1.75. The molecule has 110 valence electrons. The van der Waals surface area contributed by atoms with Gasteiger partial charge in [-0.3, -0.25) is 9.59 Å². The van der Waals surface area contributed by atoms with Crippen LogP contribution in [0.3, 0.4) is 0 Å². The SMILES string of the molecule is COc1ccc(C(C)NC(=O)C(=O)NCCCCl)cc1. The lowest BCUT2D eigenvalue weighted by molar-refractivity contribution is -0.139. The molecule has 0 saturated carbocycles. The minimum Gasteiger partial charge on any atom is -0.497 e. The van der Waals surface area contributed by atoms with Crippen molar-refractivity contribution < 1.29 is 14.3 Å². The van der Waals surface area contributed by atoms with Crippen LogP contribution in [0.25, 0.3) is 0 Å². The second kappa shape index (κ2) is 8.43. The molecule has 0 heterocycles. The first-order valence-electron chi connectivity index (χ1n) is 6.37. The molecule has 0 bridgehead atoms. The molecule has 1 aromatic rings. The lowest BCUT2D eigenvalue weighted by Gasteiger charge is -2.14. The van der Waals surface area contributed by atoms with E-state index >= 15 is 0 Å². The smallest absolute Gasteiger partial charge is 0.309 e. The predicted octanol–water partition coefficient (Wildman–Crippen LogP) is 1.62. The third kappa shape index (κ3) is 5.09. The number of benzene rings is 1. The molecular weight excluding hydrogens is 280 g/mol. The van der Waals surface area contributed by atoms with E-state index in [4.69, 9.17) is 16.3 Å². The van der Waals surface area contributed by atoms with Crippen LogP contribution < -0.4 is 15.4 Å². The highest BCUT2D eigenvalue weighted by Crippen LogP contribution is 2.16. The van der Waals surface area contributed by atoms with Gasteiger partial charge in [0.2, 0.25) is 0 Å². The van der Waals surface area contributed by atoms with Gasteiger partial charge in [-0.25, -0.2) is 0 Å². The van der Waals surface area contributed by atoms with Gasteiger partial charge in [0.05, 0.1) is 13.2 Å². The number of hydrogen-bond acceptors (Lipinski definition) is 3. The van der Waals surface area contributed by atoms with Gasteiger partial charge in [-0.2, -0.15) is 0 Å². The Balaban J connectivity index is 2.49.